The fourth-order valence-electron chi connectivity index (χ4n) is 6.31. The molecule has 0 radical (unpaired) electrons. The number of nitrogens with one attached hydrogen (secondary N) is 1. The zero-order chi connectivity index (χ0) is 41.0. The lowest BCUT2D eigenvalue weighted by Crippen LogP contribution is -2.32. The Bertz CT molecular complexity index is 2250. The summed E-state index contributed by atoms with van der Waals surface area (Å²) in [4.78, 5) is 16.5. The van der Waals surface area contributed by atoms with Gasteiger partial charge in [0, 0.05) is 18.7 Å². The van der Waals surface area contributed by atoms with Gasteiger partial charge in [-0.1, -0.05) is 60.1 Å². The fourth-order valence-corrected chi connectivity index (χ4v) is 6.54. The smallest absolute Gasteiger partial charge is 0.311 e. The topological polar surface area (TPSA) is 178 Å². The number of aliphatic hydroxyl groups is 2. The second-order valence-electron chi connectivity index (χ2n) is 13.9. The molecular weight excluding hydrogens is 744 g/mol. The van der Waals surface area contributed by atoms with Crippen LogP contribution in [0.2, 0.25) is 5.02 Å². The molecule has 12 heteroatoms. The third kappa shape index (κ3) is 10.7. The molecule has 5 aromatic rings. The molecule has 1 aromatic heterocycles. The highest BCUT2D eigenvalue weighted by atomic mass is 35.5. The number of benzene rings is 4. The van der Waals surface area contributed by atoms with E-state index in [9.17, 15) is 25.5 Å². The number of aliphatic hydroxyl groups excluding tert-OH is 2. The number of rotatable bonds is 19. The van der Waals surface area contributed by atoms with Gasteiger partial charge in [0.15, 0.2) is 0 Å². The second kappa shape index (κ2) is 19.8. The van der Waals surface area contributed by atoms with Gasteiger partial charge in [0.1, 0.15) is 30.6 Å². The third-order valence-corrected chi connectivity index (χ3v) is 10.1. The minimum atomic E-state index is -1.40. The zero-order valence-corrected chi connectivity index (χ0v) is 32.9. The number of nitrogens with zero attached hydrogens (tertiary/aromatic N) is 3. The Kier molecular flexibility index (Phi) is 14.6. The SMILES string of the molecule is Cc1c(COc2nc(OCc3cc(C#N)cc(C#N)c3)c(CC[C@@](C)(CO)C(=O)O)cc2Cl)cccc1-c1cccc(-c2ccc(OCCNCCO)cc2)c1C. The quantitative estimate of drug-likeness (QED) is 0.0607. The molecular formula is C45H45ClN4O7. The van der Waals surface area contributed by atoms with E-state index >= 15 is 0 Å². The van der Waals surface area contributed by atoms with Crippen LogP contribution >= 0.6 is 11.6 Å². The maximum atomic E-state index is 11.9. The van der Waals surface area contributed by atoms with E-state index in [0.29, 0.717) is 42.0 Å². The van der Waals surface area contributed by atoms with Crippen molar-refractivity contribution >= 4 is 17.6 Å². The molecule has 0 saturated heterocycles. The first-order chi connectivity index (χ1) is 27.5. The van der Waals surface area contributed by atoms with Gasteiger partial charge in [0.25, 0.3) is 0 Å². The van der Waals surface area contributed by atoms with Gasteiger partial charge in [0.05, 0.1) is 41.9 Å². The van der Waals surface area contributed by atoms with Crippen molar-refractivity contribution < 1.29 is 34.3 Å². The predicted octanol–water partition coefficient (Wildman–Crippen LogP) is 7.56. The molecule has 0 spiro atoms. The van der Waals surface area contributed by atoms with Gasteiger partial charge >= 0.3 is 5.97 Å². The van der Waals surface area contributed by atoms with Crippen molar-refractivity contribution in [1.82, 2.24) is 10.3 Å². The molecule has 294 valence electrons. The Hall–Kier alpha value is -5.95. The number of hydrogen-bond donors (Lipinski definition) is 4. The van der Waals surface area contributed by atoms with E-state index in [2.05, 4.69) is 35.4 Å². The molecule has 1 atom stereocenters. The summed E-state index contributed by atoms with van der Waals surface area (Å²) in [5, 5.41) is 50.7. The van der Waals surface area contributed by atoms with E-state index in [1.807, 2.05) is 61.5 Å². The van der Waals surface area contributed by atoms with Gasteiger partial charge in [-0.2, -0.15) is 15.5 Å². The number of hydrogen-bond acceptors (Lipinski definition) is 10. The Morgan fingerprint density at radius 1 is 0.807 bits per heavy atom. The van der Waals surface area contributed by atoms with Crippen LogP contribution in [-0.4, -0.2) is 59.2 Å². The Balaban J connectivity index is 1.37. The van der Waals surface area contributed by atoms with Crippen LogP contribution in [-0.2, 0) is 24.4 Å². The van der Waals surface area contributed by atoms with Gasteiger partial charge in [-0.3, -0.25) is 4.79 Å². The van der Waals surface area contributed by atoms with Crippen LogP contribution in [0, 0.1) is 41.9 Å². The van der Waals surface area contributed by atoms with E-state index in [1.54, 1.807) is 18.2 Å². The second-order valence-corrected chi connectivity index (χ2v) is 14.3. The van der Waals surface area contributed by atoms with Crippen LogP contribution < -0.4 is 19.5 Å². The highest BCUT2D eigenvalue weighted by Crippen LogP contribution is 2.37. The predicted molar refractivity (Wildman–Crippen MR) is 217 cm³/mol. The summed E-state index contributed by atoms with van der Waals surface area (Å²) in [7, 11) is 0. The van der Waals surface area contributed by atoms with Crippen molar-refractivity contribution in [3.8, 4) is 51.9 Å². The van der Waals surface area contributed by atoms with E-state index in [4.69, 9.17) is 30.9 Å². The molecule has 5 rings (SSSR count). The number of aryl methyl sites for hydroxylation is 1. The highest BCUT2D eigenvalue weighted by molar-refractivity contribution is 6.31. The van der Waals surface area contributed by atoms with Crippen molar-refractivity contribution in [2.45, 2.75) is 46.8 Å². The molecule has 11 nitrogen and oxygen atoms in total. The molecule has 0 amide bonds. The molecule has 0 saturated carbocycles. The number of carbonyl (C=O) groups is 1. The molecule has 0 unspecified atom stereocenters. The lowest BCUT2D eigenvalue weighted by Gasteiger charge is -2.22. The number of pyridine rings is 1. The molecule has 57 heavy (non-hydrogen) atoms. The minimum absolute atomic E-state index is 0.0389. The van der Waals surface area contributed by atoms with Gasteiger partial charge in [-0.25, -0.2) is 0 Å². The summed E-state index contributed by atoms with van der Waals surface area (Å²) in [5.74, 6) is -0.109. The molecule has 4 N–H and O–H groups in total. The summed E-state index contributed by atoms with van der Waals surface area (Å²) in [5.41, 5.74) is 7.61. The number of aliphatic carboxylic acids is 1. The first-order valence-corrected chi connectivity index (χ1v) is 18.8. The largest absolute Gasteiger partial charge is 0.492 e. The van der Waals surface area contributed by atoms with E-state index in [-0.39, 0.29) is 49.4 Å². The standard InChI is InChI=1S/C45H45ClN4O7/c1-29-36(6-4-8-39(29)40-9-5-7-38(30(40)2)34-10-12-37(13-11-34)55-19-17-49-16-18-51)27-57-43-41(46)23-35(14-15-45(3,28-52)44(53)54)42(50-43)56-26-33-21-31(24-47)20-32(22-33)25-48/h4-13,20-23,49,51-52H,14-19,26-28H2,1-3H3,(H,53,54)/t45-/m0/s1. The van der Waals surface area contributed by atoms with E-state index in [1.165, 1.54) is 13.0 Å². The molecule has 0 aliphatic rings. The van der Waals surface area contributed by atoms with Crippen LogP contribution in [0.5, 0.6) is 17.5 Å². The van der Waals surface area contributed by atoms with Gasteiger partial charge in [-0.05, 0) is 115 Å². The summed E-state index contributed by atoms with van der Waals surface area (Å²) < 4.78 is 18.2. The first-order valence-electron chi connectivity index (χ1n) is 18.5. The summed E-state index contributed by atoms with van der Waals surface area (Å²) in [6.07, 6.45) is 0.252. The Labute approximate surface area is 337 Å². The molecule has 0 fully saturated rings. The Morgan fingerprint density at radius 2 is 1.46 bits per heavy atom. The van der Waals surface area contributed by atoms with Crippen molar-refractivity contribution in [3.63, 3.8) is 0 Å². The lowest BCUT2D eigenvalue weighted by molar-refractivity contribution is -0.150. The van der Waals surface area contributed by atoms with Crippen molar-refractivity contribution in [1.29, 1.82) is 10.5 Å². The molecule has 0 bridgehead atoms. The maximum absolute atomic E-state index is 11.9. The van der Waals surface area contributed by atoms with Gasteiger partial charge in [-0.15, -0.1) is 0 Å². The van der Waals surface area contributed by atoms with Crippen LogP contribution in [0.1, 0.15) is 52.3 Å². The van der Waals surface area contributed by atoms with Gasteiger partial charge in [0.2, 0.25) is 11.8 Å². The average molecular weight is 789 g/mol. The molecule has 0 aliphatic heterocycles. The summed E-state index contributed by atoms with van der Waals surface area (Å²) >= 11 is 6.73. The number of aromatic nitrogens is 1. The van der Waals surface area contributed by atoms with Crippen LogP contribution in [0.25, 0.3) is 22.3 Å². The van der Waals surface area contributed by atoms with Crippen molar-refractivity contribution in [2.75, 3.05) is 32.9 Å². The van der Waals surface area contributed by atoms with Gasteiger partial charge < -0.3 is 34.8 Å². The van der Waals surface area contributed by atoms with Crippen molar-refractivity contribution in [2.24, 2.45) is 5.41 Å². The minimum Gasteiger partial charge on any atom is -0.492 e. The maximum Gasteiger partial charge on any atom is 0.311 e. The molecule has 1 heterocycles. The molecule has 4 aromatic carbocycles. The van der Waals surface area contributed by atoms with Crippen LogP contribution in [0.15, 0.2) is 84.9 Å². The summed E-state index contributed by atoms with van der Waals surface area (Å²) in [6, 6.07) is 30.7. The van der Waals surface area contributed by atoms with Crippen LogP contribution in [0.3, 0.4) is 0 Å². The fraction of sp³-hybridized carbons (Fsp3) is 0.289. The number of ether oxygens (including phenoxy) is 3. The normalized spacial score (nSPS) is 11.9. The first kappa shape index (κ1) is 42.2. The van der Waals surface area contributed by atoms with E-state index < -0.39 is 18.0 Å². The third-order valence-electron chi connectivity index (χ3n) is 9.86. The monoisotopic (exact) mass is 788 g/mol. The van der Waals surface area contributed by atoms with Crippen LogP contribution in [0.4, 0.5) is 0 Å². The number of nitriles is 2. The Morgan fingerprint density at radius 3 is 2.11 bits per heavy atom. The zero-order valence-electron chi connectivity index (χ0n) is 32.1. The molecule has 0 aliphatic carbocycles. The average Bonchev–Trinajstić information content (AvgIpc) is 3.22. The van der Waals surface area contributed by atoms with E-state index in [0.717, 1.165) is 44.7 Å². The van der Waals surface area contributed by atoms with Crippen molar-refractivity contribution in [3.05, 3.63) is 129 Å². The summed E-state index contributed by atoms with van der Waals surface area (Å²) in [6.45, 7) is 6.91. The number of halogens is 1. The number of carboxylic acid groups (broad SMARTS) is 1. The highest BCUT2D eigenvalue weighted by Gasteiger charge is 2.32. The lowest BCUT2D eigenvalue weighted by atomic mass is 9.85. The number of carboxylic acids is 1.